The highest BCUT2D eigenvalue weighted by atomic mass is 16.5. The molecule has 2 heterocycles. The first-order valence-electron chi connectivity index (χ1n) is 5.44. The molecule has 3 aromatic rings. The highest BCUT2D eigenvalue weighted by Crippen LogP contribution is 2.26. The number of nitrogens with zero attached hydrogens (tertiary/aromatic N) is 1. The van der Waals surface area contributed by atoms with E-state index in [2.05, 4.69) is 16.0 Å². The van der Waals surface area contributed by atoms with Gasteiger partial charge in [0.1, 0.15) is 5.75 Å². The summed E-state index contributed by atoms with van der Waals surface area (Å²) in [6.45, 7) is 0. The standard InChI is InChI=1S/C14H12N2O/c1-17-12-2-3-13-11(8-12)9-14(16-13)10-4-6-15-7-5-10/h2-9,16H,1H3. The van der Waals surface area contributed by atoms with Crippen LogP contribution in [0.4, 0.5) is 0 Å². The summed E-state index contributed by atoms with van der Waals surface area (Å²) in [7, 11) is 1.68. The number of aromatic nitrogens is 2. The van der Waals surface area contributed by atoms with Crippen LogP contribution in [0.25, 0.3) is 22.2 Å². The van der Waals surface area contributed by atoms with Crippen molar-refractivity contribution in [3.05, 3.63) is 48.8 Å². The van der Waals surface area contributed by atoms with E-state index in [9.17, 15) is 0 Å². The summed E-state index contributed by atoms with van der Waals surface area (Å²) in [5.74, 6) is 0.873. The summed E-state index contributed by atoms with van der Waals surface area (Å²) >= 11 is 0. The second-order valence-electron chi connectivity index (χ2n) is 3.87. The van der Waals surface area contributed by atoms with E-state index in [1.807, 2.05) is 30.3 Å². The third-order valence-electron chi connectivity index (χ3n) is 2.82. The largest absolute Gasteiger partial charge is 0.497 e. The van der Waals surface area contributed by atoms with Gasteiger partial charge in [0.2, 0.25) is 0 Å². The molecule has 1 N–H and O–H groups in total. The van der Waals surface area contributed by atoms with Gasteiger partial charge in [0.25, 0.3) is 0 Å². The Labute approximate surface area is 99.1 Å². The molecule has 84 valence electrons. The Morgan fingerprint density at radius 2 is 1.88 bits per heavy atom. The van der Waals surface area contributed by atoms with Gasteiger partial charge in [-0.3, -0.25) is 4.98 Å². The second kappa shape index (κ2) is 3.94. The molecule has 0 aliphatic rings. The van der Waals surface area contributed by atoms with Crippen molar-refractivity contribution in [3.63, 3.8) is 0 Å². The van der Waals surface area contributed by atoms with Gasteiger partial charge in [-0.15, -0.1) is 0 Å². The molecule has 0 saturated heterocycles. The van der Waals surface area contributed by atoms with Gasteiger partial charge < -0.3 is 9.72 Å². The first kappa shape index (κ1) is 9.90. The number of fused-ring (bicyclic) bond motifs is 1. The van der Waals surface area contributed by atoms with E-state index in [4.69, 9.17) is 4.74 Å². The summed E-state index contributed by atoms with van der Waals surface area (Å²) in [4.78, 5) is 7.40. The van der Waals surface area contributed by atoms with Crippen molar-refractivity contribution in [2.45, 2.75) is 0 Å². The van der Waals surface area contributed by atoms with Crippen molar-refractivity contribution in [2.24, 2.45) is 0 Å². The Morgan fingerprint density at radius 1 is 1.06 bits per heavy atom. The van der Waals surface area contributed by atoms with Crippen LogP contribution in [0.2, 0.25) is 0 Å². The molecule has 3 nitrogen and oxygen atoms in total. The fourth-order valence-corrected chi connectivity index (χ4v) is 1.92. The van der Waals surface area contributed by atoms with E-state index in [-0.39, 0.29) is 0 Å². The monoisotopic (exact) mass is 224 g/mol. The van der Waals surface area contributed by atoms with Crippen molar-refractivity contribution in [1.29, 1.82) is 0 Å². The van der Waals surface area contributed by atoms with E-state index < -0.39 is 0 Å². The first-order chi connectivity index (χ1) is 8.36. The molecule has 0 radical (unpaired) electrons. The second-order valence-corrected chi connectivity index (χ2v) is 3.87. The summed E-state index contributed by atoms with van der Waals surface area (Å²) in [5.41, 5.74) is 3.34. The minimum Gasteiger partial charge on any atom is -0.497 e. The van der Waals surface area contributed by atoms with Crippen molar-refractivity contribution in [3.8, 4) is 17.0 Å². The quantitative estimate of drug-likeness (QED) is 0.725. The maximum absolute atomic E-state index is 5.21. The third kappa shape index (κ3) is 1.76. The summed E-state index contributed by atoms with van der Waals surface area (Å²) < 4.78 is 5.21. The lowest BCUT2D eigenvalue weighted by atomic mass is 10.2. The molecule has 0 spiro atoms. The number of pyridine rings is 1. The minimum absolute atomic E-state index is 0.873. The number of methoxy groups -OCH3 is 1. The molecule has 0 unspecified atom stereocenters. The van der Waals surface area contributed by atoms with Crippen molar-refractivity contribution in [1.82, 2.24) is 9.97 Å². The van der Waals surface area contributed by atoms with Crippen LogP contribution in [0.15, 0.2) is 48.8 Å². The molecule has 0 saturated carbocycles. The number of ether oxygens (including phenoxy) is 1. The lowest BCUT2D eigenvalue weighted by Gasteiger charge is -1.97. The van der Waals surface area contributed by atoms with Gasteiger partial charge in [0, 0.05) is 34.6 Å². The molecule has 2 aromatic heterocycles. The summed E-state index contributed by atoms with van der Waals surface area (Å²) in [6.07, 6.45) is 3.59. The molecule has 0 aliphatic carbocycles. The van der Waals surface area contributed by atoms with E-state index in [0.717, 1.165) is 27.9 Å². The molecule has 0 bridgehead atoms. The Morgan fingerprint density at radius 3 is 2.65 bits per heavy atom. The van der Waals surface area contributed by atoms with Crippen LogP contribution in [0.5, 0.6) is 5.75 Å². The lowest BCUT2D eigenvalue weighted by Crippen LogP contribution is -1.80. The zero-order valence-corrected chi connectivity index (χ0v) is 9.47. The number of nitrogens with one attached hydrogen (secondary N) is 1. The number of aromatic amines is 1. The van der Waals surface area contributed by atoms with Crippen LogP contribution >= 0.6 is 0 Å². The molecule has 1 aromatic carbocycles. The number of hydrogen-bond acceptors (Lipinski definition) is 2. The normalized spacial score (nSPS) is 10.6. The Kier molecular flexibility index (Phi) is 2.29. The third-order valence-corrected chi connectivity index (χ3v) is 2.82. The van der Waals surface area contributed by atoms with Crippen LogP contribution in [0.3, 0.4) is 0 Å². The molecule has 0 atom stereocenters. The fourth-order valence-electron chi connectivity index (χ4n) is 1.92. The number of rotatable bonds is 2. The maximum atomic E-state index is 5.21. The molecule has 3 heteroatoms. The molecule has 17 heavy (non-hydrogen) atoms. The van der Waals surface area contributed by atoms with Gasteiger partial charge in [-0.1, -0.05) is 0 Å². The fraction of sp³-hybridized carbons (Fsp3) is 0.0714. The van der Waals surface area contributed by atoms with Gasteiger partial charge in [-0.2, -0.15) is 0 Å². The van der Waals surface area contributed by atoms with Gasteiger partial charge in [0.15, 0.2) is 0 Å². The Balaban J connectivity index is 2.14. The highest BCUT2D eigenvalue weighted by Gasteiger charge is 2.03. The number of benzene rings is 1. The van der Waals surface area contributed by atoms with Gasteiger partial charge in [-0.05, 0) is 36.4 Å². The molecule has 3 rings (SSSR count). The molecule has 0 aliphatic heterocycles. The number of H-pyrrole nitrogens is 1. The first-order valence-corrected chi connectivity index (χ1v) is 5.44. The average molecular weight is 224 g/mol. The van der Waals surface area contributed by atoms with Crippen molar-refractivity contribution in [2.75, 3.05) is 7.11 Å². The topological polar surface area (TPSA) is 37.9 Å². The zero-order chi connectivity index (χ0) is 11.7. The molecule has 0 fully saturated rings. The van der Waals surface area contributed by atoms with Gasteiger partial charge >= 0.3 is 0 Å². The van der Waals surface area contributed by atoms with E-state index >= 15 is 0 Å². The zero-order valence-electron chi connectivity index (χ0n) is 9.47. The van der Waals surface area contributed by atoms with Crippen LogP contribution in [-0.4, -0.2) is 17.1 Å². The molecular weight excluding hydrogens is 212 g/mol. The summed E-state index contributed by atoms with van der Waals surface area (Å²) in [5, 5.41) is 1.15. The molecule has 0 amide bonds. The molecular formula is C14H12N2O. The van der Waals surface area contributed by atoms with Crippen molar-refractivity contribution < 1.29 is 4.74 Å². The Bertz CT molecular complexity index is 644. The van der Waals surface area contributed by atoms with E-state index in [1.54, 1.807) is 19.5 Å². The SMILES string of the molecule is COc1ccc2[nH]c(-c3ccncc3)cc2c1. The Hall–Kier alpha value is -2.29. The van der Waals surface area contributed by atoms with Crippen LogP contribution in [0, 0.1) is 0 Å². The van der Waals surface area contributed by atoms with E-state index in [0.29, 0.717) is 0 Å². The van der Waals surface area contributed by atoms with Crippen molar-refractivity contribution >= 4 is 10.9 Å². The highest BCUT2D eigenvalue weighted by molar-refractivity contribution is 5.86. The van der Waals surface area contributed by atoms with E-state index in [1.165, 1.54) is 0 Å². The smallest absolute Gasteiger partial charge is 0.119 e. The van der Waals surface area contributed by atoms with Crippen LogP contribution in [-0.2, 0) is 0 Å². The van der Waals surface area contributed by atoms with Crippen LogP contribution < -0.4 is 4.74 Å². The summed E-state index contributed by atoms with van der Waals surface area (Å²) in [6, 6.07) is 12.1. The average Bonchev–Trinajstić information content (AvgIpc) is 2.82. The predicted molar refractivity (Wildman–Crippen MR) is 68.1 cm³/mol. The predicted octanol–water partition coefficient (Wildman–Crippen LogP) is 3.24. The van der Waals surface area contributed by atoms with Gasteiger partial charge in [-0.25, -0.2) is 0 Å². The van der Waals surface area contributed by atoms with Crippen LogP contribution in [0.1, 0.15) is 0 Å². The van der Waals surface area contributed by atoms with Gasteiger partial charge in [0.05, 0.1) is 7.11 Å². The lowest BCUT2D eigenvalue weighted by molar-refractivity contribution is 0.415. The number of hydrogen-bond donors (Lipinski definition) is 1. The maximum Gasteiger partial charge on any atom is 0.119 e. The minimum atomic E-state index is 0.873.